The maximum Gasteiger partial charge on any atom is 0.242 e. The number of carbonyl (C=O) groups excluding carboxylic acids is 2. The molecular weight excluding hydrogens is 352 g/mol. The lowest BCUT2D eigenvalue weighted by molar-refractivity contribution is -0.115. The monoisotopic (exact) mass is 366 g/mol. The SMILES string of the molecule is CC(=O)c1cccc(NC(=O)CNS(=O)(=O)c2ccccc2Cl)c1. The molecule has 0 aliphatic rings. The number of Topliss-reactive ketones (excluding diaryl/α,β-unsaturated/α-hetero) is 1. The van der Waals surface area contributed by atoms with Crippen LogP contribution in [-0.4, -0.2) is 26.7 Å². The number of hydrogen-bond acceptors (Lipinski definition) is 4. The Morgan fingerprint density at radius 3 is 2.46 bits per heavy atom. The summed E-state index contributed by atoms with van der Waals surface area (Å²) < 4.78 is 26.4. The number of halogens is 1. The third kappa shape index (κ3) is 4.64. The zero-order chi connectivity index (χ0) is 17.7. The van der Waals surface area contributed by atoms with Crippen LogP contribution in [0.15, 0.2) is 53.4 Å². The third-order valence-electron chi connectivity index (χ3n) is 3.10. The molecule has 24 heavy (non-hydrogen) atoms. The quantitative estimate of drug-likeness (QED) is 0.768. The Morgan fingerprint density at radius 2 is 1.79 bits per heavy atom. The maximum absolute atomic E-state index is 12.1. The fourth-order valence-electron chi connectivity index (χ4n) is 1.92. The van der Waals surface area contributed by atoms with Gasteiger partial charge in [0.15, 0.2) is 5.78 Å². The van der Waals surface area contributed by atoms with Crippen molar-refractivity contribution in [1.82, 2.24) is 4.72 Å². The van der Waals surface area contributed by atoms with Crippen molar-refractivity contribution in [2.24, 2.45) is 0 Å². The molecule has 0 aliphatic carbocycles. The normalized spacial score (nSPS) is 11.1. The van der Waals surface area contributed by atoms with E-state index < -0.39 is 22.5 Å². The van der Waals surface area contributed by atoms with Gasteiger partial charge >= 0.3 is 0 Å². The highest BCUT2D eigenvalue weighted by atomic mass is 35.5. The van der Waals surface area contributed by atoms with Gasteiger partial charge in [-0.05, 0) is 31.2 Å². The van der Waals surface area contributed by atoms with Gasteiger partial charge in [0.05, 0.1) is 11.6 Å². The molecule has 0 atom stereocenters. The second-order valence-electron chi connectivity index (χ2n) is 4.94. The van der Waals surface area contributed by atoms with Crippen LogP contribution in [0, 0.1) is 0 Å². The van der Waals surface area contributed by atoms with Crippen molar-refractivity contribution < 1.29 is 18.0 Å². The molecule has 0 spiro atoms. The molecule has 0 aliphatic heterocycles. The molecule has 0 fully saturated rings. The first-order valence-corrected chi connectivity index (χ1v) is 8.81. The summed E-state index contributed by atoms with van der Waals surface area (Å²) in [5.41, 5.74) is 0.856. The summed E-state index contributed by atoms with van der Waals surface area (Å²) in [5.74, 6) is -0.697. The van der Waals surface area contributed by atoms with E-state index in [2.05, 4.69) is 10.0 Å². The van der Waals surface area contributed by atoms with E-state index >= 15 is 0 Å². The molecule has 0 bridgehead atoms. The first-order chi connectivity index (χ1) is 11.3. The van der Waals surface area contributed by atoms with Crippen molar-refractivity contribution in [2.75, 3.05) is 11.9 Å². The molecule has 0 unspecified atom stereocenters. The van der Waals surface area contributed by atoms with E-state index in [1.807, 2.05) is 0 Å². The Bertz CT molecular complexity index is 881. The summed E-state index contributed by atoms with van der Waals surface area (Å²) >= 11 is 5.85. The molecule has 0 heterocycles. The highest BCUT2D eigenvalue weighted by Gasteiger charge is 2.18. The van der Waals surface area contributed by atoms with Gasteiger partial charge < -0.3 is 5.32 Å². The largest absolute Gasteiger partial charge is 0.325 e. The fourth-order valence-corrected chi connectivity index (χ4v) is 3.42. The van der Waals surface area contributed by atoms with E-state index in [0.29, 0.717) is 11.3 Å². The van der Waals surface area contributed by atoms with E-state index in [-0.39, 0.29) is 15.7 Å². The molecule has 2 aromatic carbocycles. The lowest BCUT2D eigenvalue weighted by Crippen LogP contribution is -2.33. The summed E-state index contributed by atoms with van der Waals surface area (Å²) in [5, 5.41) is 2.59. The second-order valence-corrected chi connectivity index (χ2v) is 7.08. The second kappa shape index (κ2) is 7.57. The fraction of sp³-hybridized carbons (Fsp3) is 0.125. The van der Waals surface area contributed by atoms with Crippen LogP contribution in [0.4, 0.5) is 5.69 Å². The molecule has 2 rings (SSSR count). The van der Waals surface area contributed by atoms with Gasteiger partial charge in [-0.1, -0.05) is 35.9 Å². The van der Waals surface area contributed by atoms with Gasteiger partial charge in [-0.25, -0.2) is 13.1 Å². The molecule has 2 N–H and O–H groups in total. The number of nitrogens with one attached hydrogen (secondary N) is 2. The lowest BCUT2D eigenvalue weighted by Gasteiger charge is -2.09. The minimum absolute atomic E-state index is 0.0690. The van der Waals surface area contributed by atoms with Crippen LogP contribution in [0.1, 0.15) is 17.3 Å². The molecule has 0 saturated heterocycles. The van der Waals surface area contributed by atoms with Crippen LogP contribution in [0.3, 0.4) is 0 Å². The average Bonchev–Trinajstić information content (AvgIpc) is 2.53. The molecular formula is C16H15ClN2O4S. The summed E-state index contributed by atoms with van der Waals surface area (Å²) in [6, 6.07) is 12.3. The van der Waals surface area contributed by atoms with Crippen molar-refractivity contribution in [3.8, 4) is 0 Å². The van der Waals surface area contributed by atoms with Crippen LogP contribution < -0.4 is 10.0 Å². The minimum Gasteiger partial charge on any atom is -0.325 e. The number of amides is 1. The van der Waals surface area contributed by atoms with Crippen molar-refractivity contribution in [1.29, 1.82) is 0 Å². The van der Waals surface area contributed by atoms with E-state index in [4.69, 9.17) is 11.6 Å². The van der Waals surface area contributed by atoms with Crippen molar-refractivity contribution in [3.63, 3.8) is 0 Å². The van der Waals surface area contributed by atoms with Crippen LogP contribution >= 0.6 is 11.6 Å². The number of ketones is 1. The van der Waals surface area contributed by atoms with Gasteiger partial charge in [0.25, 0.3) is 0 Å². The number of rotatable bonds is 6. The Labute approximate surface area is 144 Å². The molecule has 0 saturated carbocycles. The van der Waals surface area contributed by atoms with Gasteiger partial charge in [-0.2, -0.15) is 0 Å². The van der Waals surface area contributed by atoms with Gasteiger partial charge in [-0.3, -0.25) is 9.59 Å². The Kier molecular flexibility index (Phi) is 5.71. The predicted octanol–water partition coefficient (Wildman–Crippen LogP) is 2.46. The van der Waals surface area contributed by atoms with E-state index in [9.17, 15) is 18.0 Å². The summed E-state index contributed by atoms with van der Waals surface area (Å²) in [7, 11) is -3.90. The van der Waals surface area contributed by atoms with Gasteiger partial charge in [0.1, 0.15) is 4.90 Å². The smallest absolute Gasteiger partial charge is 0.242 e. The molecule has 2 aromatic rings. The van der Waals surface area contributed by atoms with E-state index in [1.165, 1.54) is 31.2 Å². The number of hydrogen-bond donors (Lipinski definition) is 2. The highest BCUT2D eigenvalue weighted by Crippen LogP contribution is 2.20. The number of carbonyl (C=O) groups is 2. The Balaban J connectivity index is 2.02. The molecule has 0 aromatic heterocycles. The number of anilines is 1. The molecule has 6 nitrogen and oxygen atoms in total. The predicted molar refractivity (Wildman–Crippen MR) is 91.7 cm³/mol. The van der Waals surface area contributed by atoms with E-state index in [0.717, 1.165) is 0 Å². The van der Waals surface area contributed by atoms with Crippen LogP contribution in [0.5, 0.6) is 0 Å². The zero-order valence-electron chi connectivity index (χ0n) is 12.7. The Hall–Kier alpha value is -2.22. The van der Waals surface area contributed by atoms with Crippen molar-refractivity contribution >= 4 is 39.0 Å². The highest BCUT2D eigenvalue weighted by molar-refractivity contribution is 7.89. The number of benzene rings is 2. The number of sulfonamides is 1. The standard InChI is InChI=1S/C16H15ClN2O4S/c1-11(20)12-5-4-6-13(9-12)19-16(21)10-18-24(22,23)15-8-3-2-7-14(15)17/h2-9,18H,10H2,1H3,(H,19,21). The first kappa shape index (κ1) is 18.1. The maximum atomic E-state index is 12.1. The first-order valence-electron chi connectivity index (χ1n) is 6.94. The average molecular weight is 367 g/mol. The minimum atomic E-state index is -3.90. The van der Waals surface area contributed by atoms with Crippen LogP contribution in [-0.2, 0) is 14.8 Å². The molecule has 8 heteroatoms. The lowest BCUT2D eigenvalue weighted by atomic mass is 10.1. The zero-order valence-corrected chi connectivity index (χ0v) is 14.3. The molecule has 1 amide bonds. The Morgan fingerprint density at radius 1 is 1.08 bits per heavy atom. The topological polar surface area (TPSA) is 92.3 Å². The van der Waals surface area contributed by atoms with E-state index in [1.54, 1.807) is 24.3 Å². The van der Waals surface area contributed by atoms with Crippen LogP contribution in [0.25, 0.3) is 0 Å². The summed E-state index contributed by atoms with van der Waals surface area (Å²) in [4.78, 5) is 23.1. The van der Waals surface area contributed by atoms with Crippen molar-refractivity contribution in [3.05, 3.63) is 59.1 Å². The molecule has 126 valence electrons. The molecule has 0 radical (unpaired) electrons. The van der Waals surface area contributed by atoms with Crippen LogP contribution in [0.2, 0.25) is 5.02 Å². The van der Waals surface area contributed by atoms with Gasteiger partial charge in [-0.15, -0.1) is 0 Å². The van der Waals surface area contributed by atoms with Gasteiger partial charge in [0.2, 0.25) is 15.9 Å². The van der Waals surface area contributed by atoms with Gasteiger partial charge in [0, 0.05) is 11.3 Å². The van der Waals surface area contributed by atoms with Crippen molar-refractivity contribution in [2.45, 2.75) is 11.8 Å². The summed E-state index contributed by atoms with van der Waals surface area (Å²) in [6.45, 7) is 0.955. The third-order valence-corrected chi connectivity index (χ3v) is 5.00. The summed E-state index contributed by atoms with van der Waals surface area (Å²) in [6.07, 6.45) is 0.